The lowest BCUT2D eigenvalue weighted by atomic mass is 10.3. The second-order valence-electron chi connectivity index (χ2n) is 5.10. The molecule has 2 rings (SSSR count). The third-order valence-electron chi connectivity index (χ3n) is 3.52. The van der Waals surface area contributed by atoms with Crippen LogP contribution in [-0.2, 0) is 11.3 Å². The monoisotopic (exact) mass is 438 g/mol. The Labute approximate surface area is 154 Å². The van der Waals surface area contributed by atoms with Gasteiger partial charge >= 0.3 is 0 Å². The number of aliphatic imine (C=N–C) groups is 1. The van der Waals surface area contributed by atoms with Crippen molar-refractivity contribution in [3.8, 4) is 0 Å². The zero-order valence-corrected chi connectivity index (χ0v) is 16.6. The van der Waals surface area contributed by atoms with E-state index < -0.39 is 0 Å². The minimum absolute atomic E-state index is 0. The second-order valence-corrected chi connectivity index (χ2v) is 6.10. The predicted molar refractivity (Wildman–Crippen MR) is 105 cm³/mol. The molecule has 2 heterocycles. The lowest BCUT2D eigenvalue weighted by molar-refractivity contribution is 0.0389. The smallest absolute Gasteiger partial charge is 0.191 e. The first-order valence-corrected chi connectivity index (χ1v) is 8.53. The van der Waals surface area contributed by atoms with Gasteiger partial charge in [0.1, 0.15) is 0 Å². The number of guanidine groups is 1. The Bertz CT molecular complexity index is 447. The molecule has 126 valence electrons. The van der Waals surface area contributed by atoms with Gasteiger partial charge in [-0.1, -0.05) is 0 Å². The van der Waals surface area contributed by atoms with Crippen LogP contribution in [0.4, 0.5) is 0 Å². The van der Waals surface area contributed by atoms with Gasteiger partial charge in [0.2, 0.25) is 0 Å². The minimum Gasteiger partial charge on any atom is -0.379 e. The van der Waals surface area contributed by atoms with Gasteiger partial charge in [0.15, 0.2) is 5.96 Å². The maximum atomic E-state index is 5.36. The largest absolute Gasteiger partial charge is 0.379 e. The molecule has 0 radical (unpaired) electrons. The number of ether oxygens (including phenoxy) is 1. The Morgan fingerprint density at radius 3 is 2.77 bits per heavy atom. The van der Waals surface area contributed by atoms with Gasteiger partial charge in [0, 0.05) is 37.6 Å². The van der Waals surface area contributed by atoms with E-state index in [1.165, 1.54) is 10.4 Å². The number of aryl methyl sites for hydroxylation is 1. The lowest BCUT2D eigenvalue weighted by Gasteiger charge is -2.26. The topological polar surface area (TPSA) is 48.9 Å². The maximum absolute atomic E-state index is 5.36. The van der Waals surface area contributed by atoms with Gasteiger partial charge < -0.3 is 15.4 Å². The molecule has 1 aromatic rings. The summed E-state index contributed by atoms with van der Waals surface area (Å²) in [6.07, 6.45) is 0. The van der Waals surface area contributed by atoms with E-state index in [-0.39, 0.29) is 24.0 Å². The molecule has 1 aliphatic heterocycles. The Balaban J connectivity index is 0.00000242. The molecule has 0 atom stereocenters. The van der Waals surface area contributed by atoms with Crippen molar-refractivity contribution in [2.75, 3.05) is 45.9 Å². The predicted octanol–water partition coefficient (Wildman–Crippen LogP) is 2.06. The molecule has 1 aliphatic rings. The summed E-state index contributed by atoms with van der Waals surface area (Å²) in [7, 11) is 0. The number of nitrogens with one attached hydrogen (secondary N) is 2. The molecule has 1 saturated heterocycles. The van der Waals surface area contributed by atoms with E-state index in [2.05, 4.69) is 45.8 Å². The lowest BCUT2D eigenvalue weighted by Crippen LogP contribution is -2.44. The number of hydrogen-bond donors (Lipinski definition) is 2. The van der Waals surface area contributed by atoms with Gasteiger partial charge in [-0.2, -0.15) is 0 Å². The molecule has 7 heteroatoms. The summed E-state index contributed by atoms with van der Waals surface area (Å²) in [6.45, 7) is 11.6. The molecule has 0 bridgehead atoms. The van der Waals surface area contributed by atoms with E-state index in [0.717, 1.165) is 58.4 Å². The molecule has 0 amide bonds. The standard InChI is InChI=1S/C15H26N4OS.HI/c1-3-16-15(18-12-14-13(2)4-11-21-14)17-5-6-19-7-9-20-10-8-19;/h4,11H,3,5-10,12H2,1-2H3,(H2,16,17,18);1H. The minimum atomic E-state index is 0. The van der Waals surface area contributed by atoms with Crippen LogP contribution in [0.15, 0.2) is 16.4 Å². The van der Waals surface area contributed by atoms with Crippen molar-refractivity contribution in [3.05, 3.63) is 21.9 Å². The van der Waals surface area contributed by atoms with Crippen LogP contribution < -0.4 is 10.6 Å². The third-order valence-corrected chi connectivity index (χ3v) is 4.53. The van der Waals surface area contributed by atoms with Gasteiger partial charge in [-0.15, -0.1) is 35.3 Å². The Kier molecular flexibility index (Phi) is 10.0. The zero-order chi connectivity index (χ0) is 14.9. The van der Waals surface area contributed by atoms with Crippen molar-refractivity contribution in [1.29, 1.82) is 0 Å². The molecule has 22 heavy (non-hydrogen) atoms. The molecular weight excluding hydrogens is 411 g/mol. The van der Waals surface area contributed by atoms with Crippen LogP contribution in [0, 0.1) is 6.92 Å². The van der Waals surface area contributed by atoms with E-state index in [9.17, 15) is 0 Å². The quantitative estimate of drug-likeness (QED) is 0.406. The zero-order valence-electron chi connectivity index (χ0n) is 13.4. The van der Waals surface area contributed by atoms with Crippen LogP contribution in [0.25, 0.3) is 0 Å². The van der Waals surface area contributed by atoms with Crippen LogP contribution >= 0.6 is 35.3 Å². The maximum Gasteiger partial charge on any atom is 0.191 e. The summed E-state index contributed by atoms with van der Waals surface area (Å²) >= 11 is 1.77. The van der Waals surface area contributed by atoms with Crippen molar-refractivity contribution in [2.45, 2.75) is 20.4 Å². The molecule has 0 unspecified atom stereocenters. The highest BCUT2D eigenvalue weighted by atomic mass is 127. The van der Waals surface area contributed by atoms with Crippen LogP contribution in [-0.4, -0.2) is 56.8 Å². The molecule has 1 aromatic heterocycles. The summed E-state index contributed by atoms with van der Waals surface area (Å²) in [5.74, 6) is 0.901. The first-order valence-electron chi connectivity index (χ1n) is 7.65. The number of thiophene rings is 1. The molecular formula is C15H27IN4OS. The van der Waals surface area contributed by atoms with Gasteiger partial charge in [-0.25, -0.2) is 4.99 Å². The SMILES string of the molecule is CCNC(=NCc1sccc1C)NCCN1CCOCC1.I. The third kappa shape index (κ3) is 6.80. The number of nitrogens with zero attached hydrogens (tertiary/aromatic N) is 2. The summed E-state index contributed by atoms with van der Waals surface area (Å²) in [6, 6.07) is 2.15. The Morgan fingerprint density at radius 1 is 1.36 bits per heavy atom. The fourth-order valence-electron chi connectivity index (χ4n) is 2.22. The van der Waals surface area contributed by atoms with Crippen LogP contribution in [0.3, 0.4) is 0 Å². The molecule has 0 spiro atoms. The van der Waals surface area contributed by atoms with Gasteiger partial charge in [0.05, 0.1) is 19.8 Å². The second kappa shape index (κ2) is 11.2. The van der Waals surface area contributed by atoms with E-state index >= 15 is 0 Å². The Hall–Kier alpha value is -0.380. The van der Waals surface area contributed by atoms with E-state index in [4.69, 9.17) is 4.74 Å². The molecule has 0 saturated carbocycles. The van der Waals surface area contributed by atoms with Crippen LogP contribution in [0.5, 0.6) is 0 Å². The van der Waals surface area contributed by atoms with Crippen LogP contribution in [0.2, 0.25) is 0 Å². The number of rotatable bonds is 6. The first kappa shape index (κ1) is 19.7. The van der Waals surface area contributed by atoms with E-state index in [1.807, 2.05) is 0 Å². The van der Waals surface area contributed by atoms with Gasteiger partial charge in [-0.3, -0.25) is 4.90 Å². The van der Waals surface area contributed by atoms with E-state index in [0.29, 0.717) is 0 Å². The summed E-state index contributed by atoms with van der Waals surface area (Å²) < 4.78 is 5.36. The number of hydrogen-bond acceptors (Lipinski definition) is 4. The number of halogens is 1. The average molecular weight is 438 g/mol. The van der Waals surface area contributed by atoms with E-state index in [1.54, 1.807) is 11.3 Å². The molecule has 1 fully saturated rings. The normalized spacial score (nSPS) is 16.2. The van der Waals surface area contributed by atoms with Crippen molar-refractivity contribution >= 4 is 41.3 Å². The molecule has 0 aliphatic carbocycles. The highest BCUT2D eigenvalue weighted by Crippen LogP contribution is 2.16. The Morgan fingerprint density at radius 2 is 2.14 bits per heavy atom. The highest BCUT2D eigenvalue weighted by Gasteiger charge is 2.09. The molecule has 0 aromatic carbocycles. The van der Waals surface area contributed by atoms with Crippen LogP contribution in [0.1, 0.15) is 17.4 Å². The van der Waals surface area contributed by atoms with Crippen molar-refractivity contribution in [2.24, 2.45) is 4.99 Å². The van der Waals surface area contributed by atoms with Gasteiger partial charge in [0.25, 0.3) is 0 Å². The van der Waals surface area contributed by atoms with Gasteiger partial charge in [-0.05, 0) is 30.9 Å². The van der Waals surface area contributed by atoms with Crippen molar-refractivity contribution in [1.82, 2.24) is 15.5 Å². The highest BCUT2D eigenvalue weighted by molar-refractivity contribution is 14.0. The van der Waals surface area contributed by atoms with Crippen molar-refractivity contribution in [3.63, 3.8) is 0 Å². The summed E-state index contributed by atoms with van der Waals surface area (Å²) in [4.78, 5) is 8.41. The first-order chi connectivity index (χ1) is 10.3. The fraction of sp³-hybridized carbons (Fsp3) is 0.667. The fourth-order valence-corrected chi connectivity index (χ4v) is 3.05. The average Bonchev–Trinajstić information content (AvgIpc) is 2.91. The summed E-state index contributed by atoms with van der Waals surface area (Å²) in [5.41, 5.74) is 1.33. The molecule has 5 nitrogen and oxygen atoms in total. The van der Waals surface area contributed by atoms with Crippen molar-refractivity contribution < 1.29 is 4.74 Å². The summed E-state index contributed by atoms with van der Waals surface area (Å²) in [5, 5.41) is 8.84. The number of morpholine rings is 1. The molecule has 2 N–H and O–H groups in total.